The molecule has 3 rings (SSSR count). The van der Waals surface area contributed by atoms with Crippen LogP contribution in [0.1, 0.15) is 27.6 Å². The molecule has 0 spiro atoms. The van der Waals surface area contributed by atoms with Gasteiger partial charge in [0, 0.05) is 33.4 Å². The molecule has 1 atom stereocenters. The molecular formula is C18H15ClN2O3. The van der Waals surface area contributed by atoms with Crippen molar-refractivity contribution in [1.29, 1.82) is 0 Å². The Hall–Kier alpha value is -2.79. The van der Waals surface area contributed by atoms with E-state index in [-0.39, 0.29) is 17.0 Å². The van der Waals surface area contributed by atoms with Crippen LogP contribution in [0.5, 0.6) is 0 Å². The number of nitrogens with one attached hydrogen (secondary N) is 1. The first-order chi connectivity index (χ1) is 11.5. The summed E-state index contributed by atoms with van der Waals surface area (Å²) in [5.41, 5.74) is 7.48. The largest absolute Gasteiger partial charge is 0.451 e. The Kier molecular flexibility index (Phi) is 4.27. The minimum Gasteiger partial charge on any atom is -0.451 e. The van der Waals surface area contributed by atoms with Gasteiger partial charge < -0.3 is 15.5 Å². The van der Waals surface area contributed by atoms with Crippen molar-refractivity contribution in [2.24, 2.45) is 0 Å². The number of nitrogens with two attached hydrogens (primary N) is 1. The molecule has 0 unspecified atom stereocenters. The average molecular weight is 343 g/mol. The van der Waals surface area contributed by atoms with Gasteiger partial charge in [0.25, 0.3) is 0 Å². The first kappa shape index (κ1) is 16.1. The monoisotopic (exact) mass is 342 g/mol. The van der Waals surface area contributed by atoms with Crippen molar-refractivity contribution in [3.05, 3.63) is 64.8 Å². The number of anilines is 1. The number of para-hydroxylation sites is 1. The Morgan fingerprint density at radius 1 is 1.17 bits per heavy atom. The molecule has 0 saturated heterocycles. The van der Waals surface area contributed by atoms with Crippen molar-refractivity contribution in [3.63, 3.8) is 0 Å². The van der Waals surface area contributed by atoms with Crippen LogP contribution in [0.15, 0.2) is 48.7 Å². The number of H-pyrrole nitrogens is 1. The van der Waals surface area contributed by atoms with Crippen LogP contribution in [0.2, 0.25) is 5.02 Å². The van der Waals surface area contributed by atoms with E-state index in [0.29, 0.717) is 10.6 Å². The van der Waals surface area contributed by atoms with Crippen molar-refractivity contribution in [1.82, 2.24) is 4.98 Å². The number of aromatic nitrogens is 1. The number of fused-ring (bicyclic) bond motifs is 1. The highest BCUT2D eigenvalue weighted by molar-refractivity contribution is 6.31. The number of hydrogen-bond acceptors (Lipinski definition) is 4. The van der Waals surface area contributed by atoms with E-state index in [1.807, 2.05) is 24.3 Å². The van der Waals surface area contributed by atoms with Crippen molar-refractivity contribution in [2.45, 2.75) is 13.0 Å². The highest BCUT2D eigenvalue weighted by Gasteiger charge is 2.23. The predicted molar refractivity (Wildman–Crippen MR) is 93.4 cm³/mol. The second-order valence-electron chi connectivity index (χ2n) is 5.39. The van der Waals surface area contributed by atoms with Gasteiger partial charge in [-0.1, -0.05) is 29.8 Å². The van der Waals surface area contributed by atoms with Crippen LogP contribution >= 0.6 is 11.6 Å². The maximum Gasteiger partial charge on any atom is 0.340 e. The van der Waals surface area contributed by atoms with Gasteiger partial charge in [-0.15, -0.1) is 0 Å². The van der Waals surface area contributed by atoms with Crippen molar-refractivity contribution in [2.75, 3.05) is 5.73 Å². The Labute approximate surface area is 143 Å². The zero-order valence-electron chi connectivity index (χ0n) is 12.9. The summed E-state index contributed by atoms with van der Waals surface area (Å²) in [5, 5.41) is 1.21. The third-order valence-electron chi connectivity index (χ3n) is 3.74. The fourth-order valence-corrected chi connectivity index (χ4v) is 2.67. The number of esters is 1. The summed E-state index contributed by atoms with van der Waals surface area (Å²) < 4.78 is 5.27. The van der Waals surface area contributed by atoms with E-state index in [2.05, 4.69) is 4.98 Å². The number of aromatic amines is 1. The molecule has 0 aliphatic rings. The zero-order chi connectivity index (χ0) is 17.3. The molecule has 24 heavy (non-hydrogen) atoms. The molecule has 0 amide bonds. The number of carbonyl (C=O) groups excluding carboxylic acids is 2. The van der Waals surface area contributed by atoms with Gasteiger partial charge in [-0.25, -0.2) is 4.79 Å². The minimum absolute atomic E-state index is 0.179. The zero-order valence-corrected chi connectivity index (χ0v) is 13.6. The van der Waals surface area contributed by atoms with Gasteiger partial charge in [0.1, 0.15) is 0 Å². The van der Waals surface area contributed by atoms with Gasteiger partial charge in [0.15, 0.2) is 6.10 Å². The molecule has 1 heterocycles. The number of ketones is 1. The van der Waals surface area contributed by atoms with E-state index in [1.54, 1.807) is 12.3 Å². The fraction of sp³-hybridized carbons (Fsp3) is 0.111. The lowest BCUT2D eigenvalue weighted by Gasteiger charge is -2.13. The molecule has 0 fully saturated rings. The number of Topliss-reactive ketones (excluding diaryl/α,β-unsaturated/α-hetero) is 1. The van der Waals surface area contributed by atoms with Gasteiger partial charge in [0.2, 0.25) is 5.78 Å². The maximum absolute atomic E-state index is 12.6. The molecular weight excluding hydrogens is 328 g/mol. The van der Waals surface area contributed by atoms with Crippen molar-refractivity contribution >= 4 is 39.9 Å². The molecule has 5 nitrogen and oxygen atoms in total. The maximum atomic E-state index is 12.6. The van der Waals surface area contributed by atoms with Crippen LogP contribution in [0.25, 0.3) is 10.9 Å². The molecule has 0 saturated carbocycles. The fourth-order valence-electron chi connectivity index (χ4n) is 2.49. The third kappa shape index (κ3) is 2.98. The molecule has 0 radical (unpaired) electrons. The lowest BCUT2D eigenvalue weighted by atomic mass is 10.1. The third-order valence-corrected chi connectivity index (χ3v) is 3.98. The molecule has 0 aliphatic carbocycles. The Morgan fingerprint density at radius 2 is 1.92 bits per heavy atom. The first-order valence-corrected chi connectivity index (χ1v) is 7.71. The first-order valence-electron chi connectivity index (χ1n) is 7.33. The molecule has 2 aromatic carbocycles. The highest BCUT2D eigenvalue weighted by Crippen LogP contribution is 2.22. The standard InChI is InChI=1S/C18H15ClN2O3/c1-10(24-18(23)13-7-6-11(19)8-15(13)20)17(22)14-9-21-16-5-3-2-4-12(14)16/h2-10,21H,20H2,1H3/t10-/m1/s1. The van der Waals surface area contributed by atoms with Crippen LogP contribution in [0, 0.1) is 0 Å². The number of ether oxygens (including phenoxy) is 1. The number of halogens is 1. The number of hydrogen-bond donors (Lipinski definition) is 2. The molecule has 3 N–H and O–H groups in total. The molecule has 6 heteroatoms. The summed E-state index contributed by atoms with van der Waals surface area (Å²) in [5.74, 6) is -0.946. The normalized spacial score (nSPS) is 12.1. The van der Waals surface area contributed by atoms with E-state index in [1.165, 1.54) is 19.1 Å². The molecule has 3 aromatic rings. The van der Waals surface area contributed by atoms with Gasteiger partial charge >= 0.3 is 5.97 Å². The van der Waals surface area contributed by atoms with E-state index < -0.39 is 12.1 Å². The quantitative estimate of drug-likeness (QED) is 0.428. The second-order valence-corrected chi connectivity index (χ2v) is 5.83. The summed E-state index contributed by atoms with van der Waals surface area (Å²) in [6.45, 7) is 1.54. The molecule has 122 valence electrons. The lowest BCUT2D eigenvalue weighted by Crippen LogP contribution is -2.24. The summed E-state index contributed by atoms with van der Waals surface area (Å²) in [6, 6.07) is 11.9. The van der Waals surface area contributed by atoms with E-state index in [4.69, 9.17) is 22.1 Å². The van der Waals surface area contributed by atoms with Gasteiger partial charge in [-0.2, -0.15) is 0 Å². The second kappa shape index (κ2) is 6.37. The van der Waals surface area contributed by atoms with E-state index in [9.17, 15) is 9.59 Å². The summed E-state index contributed by atoms with van der Waals surface area (Å²) in [4.78, 5) is 27.8. The van der Waals surface area contributed by atoms with Crippen molar-refractivity contribution < 1.29 is 14.3 Å². The van der Waals surface area contributed by atoms with E-state index in [0.717, 1.165) is 10.9 Å². The number of rotatable bonds is 4. The molecule has 0 aliphatic heterocycles. The summed E-state index contributed by atoms with van der Waals surface area (Å²) in [6.07, 6.45) is 0.681. The SMILES string of the molecule is C[C@@H](OC(=O)c1ccc(Cl)cc1N)C(=O)c1c[nH]c2ccccc12. The molecule has 1 aromatic heterocycles. The Morgan fingerprint density at radius 3 is 2.67 bits per heavy atom. The Bertz CT molecular complexity index is 933. The predicted octanol–water partition coefficient (Wildman–Crippen LogP) is 3.83. The number of nitrogen functional groups attached to an aromatic ring is 1. The smallest absolute Gasteiger partial charge is 0.340 e. The number of benzene rings is 2. The molecule has 0 bridgehead atoms. The highest BCUT2D eigenvalue weighted by atomic mass is 35.5. The lowest BCUT2D eigenvalue weighted by molar-refractivity contribution is 0.0320. The van der Waals surface area contributed by atoms with Gasteiger partial charge in [0.05, 0.1) is 5.56 Å². The summed E-state index contributed by atoms with van der Waals surface area (Å²) in [7, 11) is 0. The van der Waals surface area contributed by atoms with Gasteiger partial charge in [-0.05, 0) is 31.2 Å². The van der Waals surface area contributed by atoms with Gasteiger partial charge in [-0.3, -0.25) is 4.79 Å². The minimum atomic E-state index is -0.938. The van der Waals surface area contributed by atoms with Crippen LogP contribution in [0.4, 0.5) is 5.69 Å². The van der Waals surface area contributed by atoms with Crippen LogP contribution < -0.4 is 5.73 Å². The van der Waals surface area contributed by atoms with Crippen LogP contribution in [-0.2, 0) is 4.74 Å². The van der Waals surface area contributed by atoms with Crippen LogP contribution in [-0.4, -0.2) is 22.8 Å². The summed E-state index contributed by atoms with van der Waals surface area (Å²) >= 11 is 5.81. The van der Waals surface area contributed by atoms with Crippen LogP contribution in [0.3, 0.4) is 0 Å². The average Bonchev–Trinajstić information content (AvgIpc) is 2.97. The number of carbonyl (C=O) groups is 2. The van der Waals surface area contributed by atoms with E-state index >= 15 is 0 Å². The topological polar surface area (TPSA) is 85.2 Å². The Balaban J connectivity index is 1.80. The van der Waals surface area contributed by atoms with Crippen molar-refractivity contribution in [3.8, 4) is 0 Å².